The molecule has 0 spiro atoms. The monoisotopic (exact) mass is 233 g/mol. The molecule has 0 bridgehead atoms. The number of carbonyl (C=O) groups is 1. The van der Waals surface area contributed by atoms with Gasteiger partial charge in [-0.15, -0.1) is 0 Å². The predicted octanol–water partition coefficient (Wildman–Crippen LogP) is 2.03. The number of rotatable bonds is 3. The molecule has 2 N–H and O–H groups in total. The highest BCUT2D eigenvalue weighted by atomic mass is 16.4. The molecule has 0 radical (unpaired) electrons. The Morgan fingerprint density at radius 1 is 1.29 bits per heavy atom. The Hall–Kier alpha value is -1.35. The van der Waals surface area contributed by atoms with Gasteiger partial charge in [-0.3, -0.25) is 4.79 Å². The van der Waals surface area contributed by atoms with Crippen molar-refractivity contribution in [3.05, 3.63) is 35.9 Å². The average Bonchev–Trinajstić information content (AvgIpc) is 2.39. The summed E-state index contributed by atoms with van der Waals surface area (Å²) in [6, 6.07) is 9.61. The van der Waals surface area contributed by atoms with Crippen LogP contribution in [0.15, 0.2) is 30.3 Å². The van der Waals surface area contributed by atoms with Gasteiger partial charge in [0.1, 0.15) is 0 Å². The van der Waals surface area contributed by atoms with Crippen molar-refractivity contribution < 1.29 is 9.90 Å². The summed E-state index contributed by atoms with van der Waals surface area (Å²) >= 11 is 0. The minimum atomic E-state index is -0.761. The quantitative estimate of drug-likeness (QED) is 0.839. The van der Waals surface area contributed by atoms with E-state index in [9.17, 15) is 9.90 Å². The Balaban J connectivity index is 2.35. The summed E-state index contributed by atoms with van der Waals surface area (Å²) in [4.78, 5) is 11.7. The lowest BCUT2D eigenvalue weighted by molar-refractivity contribution is -0.146. The van der Waals surface area contributed by atoms with E-state index in [-0.39, 0.29) is 5.92 Å². The Morgan fingerprint density at radius 3 is 2.41 bits per heavy atom. The Bertz CT molecular complexity index is 384. The summed E-state index contributed by atoms with van der Waals surface area (Å²) < 4.78 is 0. The molecule has 3 heteroatoms. The first-order valence-electron chi connectivity index (χ1n) is 6.15. The largest absolute Gasteiger partial charge is 0.481 e. The smallest absolute Gasteiger partial charge is 0.314 e. The van der Waals surface area contributed by atoms with Crippen LogP contribution in [0.25, 0.3) is 0 Å². The molecule has 17 heavy (non-hydrogen) atoms. The van der Waals surface area contributed by atoms with Gasteiger partial charge in [0, 0.05) is 0 Å². The molecule has 1 unspecified atom stereocenters. The van der Waals surface area contributed by atoms with E-state index in [2.05, 4.69) is 5.32 Å². The van der Waals surface area contributed by atoms with Gasteiger partial charge in [0.05, 0.1) is 5.41 Å². The fourth-order valence-corrected chi connectivity index (χ4v) is 2.72. The highest BCUT2D eigenvalue weighted by Crippen LogP contribution is 2.37. The van der Waals surface area contributed by atoms with Gasteiger partial charge in [-0.25, -0.2) is 0 Å². The summed E-state index contributed by atoms with van der Waals surface area (Å²) in [5.41, 5.74) is 0.156. The van der Waals surface area contributed by atoms with Crippen molar-refractivity contribution in [2.75, 3.05) is 13.1 Å². The first-order chi connectivity index (χ1) is 8.15. The fraction of sp³-hybridized carbons (Fsp3) is 0.500. The van der Waals surface area contributed by atoms with Crippen LogP contribution < -0.4 is 5.32 Å². The van der Waals surface area contributed by atoms with E-state index in [0.29, 0.717) is 0 Å². The third kappa shape index (κ3) is 2.20. The first kappa shape index (κ1) is 12.1. The second-order valence-electron chi connectivity index (χ2n) is 4.90. The Labute approximate surface area is 102 Å². The molecule has 0 aromatic heterocycles. The standard InChI is InChI=1S/C14H19NO2/c1-14(13(16)17,11-5-3-2-4-6-11)12-7-9-15-10-8-12/h2-6,12,15H,7-10H2,1H3,(H,16,17). The third-order valence-corrected chi connectivity index (χ3v) is 3.97. The van der Waals surface area contributed by atoms with Gasteiger partial charge in [-0.1, -0.05) is 30.3 Å². The van der Waals surface area contributed by atoms with Gasteiger partial charge in [0.15, 0.2) is 0 Å². The molecule has 3 nitrogen and oxygen atoms in total. The summed E-state index contributed by atoms with van der Waals surface area (Å²) in [6.45, 7) is 3.70. The maximum Gasteiger partial charge on any atom is 0.314 e. The molecular formula is C14H19NO2. The van der Waals surface area contributed by atoms with Crippen LogP contribution in [0.4, 0.5) is 0 Å². The molecular weight excluding hydrogens is 214 g/mol. The average molecular weight is 233 g/mol. The molecule has 1 heterocycles. The van der Waals surface area contributed by atoms with Gasteiger partial charge in [0.25, 0.3) is 0 Å². The number of carboxylic acids is 1. The van der Waals surface area contributed by atoms with Crippen molar-refractivity contribution in [3.8, 4) is 0 Å². The number of piperidine rings is 1. The number of hydrogen-bond donors (Lipinski definition) is 2. The van der Waals surface area contributed by atoms with Crippen molar-refractivity contribution in [3.63, 3.8) is 0 Å². The lowest BCUT2D eigenvalue weighted by Crippen LogP contribution is -2.45. The normalized spacial score (nSPS) is 20.8. The van der Waals surface area contributed by atoms with Crippen LogP contribution in [0.2, 0.25) is 0 Å². The lowest BCUT2D eigenvalue weighted by Gasteiger charge is -2.37. The van der Waals surface area contributed by atoms with E-state index in [4.69, 9.17) is 0 Å². The van der Waals surface area contributed by atoms with E-state index in [1.165, 1.54) is 0 Å². The third-order valence-electron chi connectivity index (χ3n) is 3.97. The lowest BCUT2D eigenvalue weighted by atomic mass is 9.68. The van der Waals surface area contributed by atoms with Gasteiger partial charge >= 0.3 is 5.97 Å². The van der Waals surface area contributed by atoms with Gasteiger partial charge < -0.3 is 10.4 Å². The molecule has 1 fully saturated rings. The fourth-order valence-electron chi connectivity index (χ4n) is 2.72. The Morgan fingerprint density at radius 2 is 1.88 bits per heavy atom. The zero-order valence-electron chi connectivity index (χ0n) is 10.1. The van der Waals surface area contributed by atoms with Gasteiger partial charge in [-0.05, 0) is 44.3 Å². The molecule has 1 aliphatic heterocycles. The molecule has 0 aliphatic carbocycles. The summed E-state index contributed by atoms with van der Waals surface area (Å²) in [5, 5.41) is 12.9. The number of hydrogen-bond acceptors (Lipinski definition) is 2. The molecule has 92 valence electrons. The molecule has 2 rings (SSSR count). The highest BCUT2D eigenvalue weighted by molar-refractivity contribution is 5.81. The van der Waals surface area contributed by atoms with Crippen LogP contribution in [0.5, 0.6) is 0 Å². The number of carboxylic acid groups (broad SMARTS) is 1. The minimum absolute atomic E-state index is 0.212. The van der Waals surface area contributed by atoms with Crippen LogP contribution >= 0.6 is 0 Å². The molecule has 1 saturated heterocycles. The Kier molecular flexibility index (Phi) is 3.48. The molecule has 0 amide bonds. The van der Waals surface area contributed by atoms with Crippen molar-refractivity contribution in [1.29, 1.82) is 0 Å². The van der Waals surface area contributed by atoms with Crippen LogP contribution in [-0.2, 0) is 10.2 Å². The van der Waals surface area contributed by atoms with E-state index >= 15 is 0 Å². The topological polar surface area (TPSA) is 49.3 Å². The van der Waals surface area contributed by atoms with E-state index in [0.717, 1.165) is 31.5 Å². The second kappa shape index (κ2) is 4.88. The van der Waals surface area contributed by atoms with Crippen LogP contribution in [0.3, 0.4) is 0 Å². The van der Waals surface area contributed by atoms with Crippen molar-refractivity contribution in [2.24, 2.45) is 5.92 Å². The molecule has 1 atom stereocenters. The van der Waals surface area contributed by atoms with E-state index in [1.54, 1.807) is 0 Å². The maximum absolute atomic E-state index is 11.7. The highest BCUT2D eigenvalue weighted by Gasteiger charge is 2.43. The zero-order valence-corrected chi connectivity index (χ0v) is 10.1. The van der Waals surface area contributed by atoms with E-state index < -0.39 is 11.4 Å². The maximum atomic E-state index is 11.7. The number of aliphatic carboxylic acids is 1. The second-order valence-corrected chi connectivity index (χ2v) is 4.90. The SMILES string of the molecule is CC(C(=O)O)(c1ccccc1)C1CCNCC1. The van der Waals surface area contributed by atoms with Gasteiger partial charge in [-0.2, -0.15) is 0 Å². The van der Waals surface area contributed by atoms with Crippen molar-refractivity contribution >= 4 is 5.97 Å². The van der Waals surface area contributed by atoms with Crippen molar-refractivity contribution in [2.45, 2.75) is 25.2 Å². The van der Waals surface area contributed by atoms with E-state index in [1.807, 2.05) is 37.3 Å². The molecule has 1 aromatic rings. The zero-order chi connectivity index (χ0) is 12.3. The minimum Gasteiger partial charge on any atom is -0.481 e. The van der Waals surface area contributed by atoms with Crippen LogP contribution in [-0.4, -0.2) is 24.2 Å². The molecule has 1 aromatic carbocycles. The number of nitrogens with one attached hydrogen (secondary N) is 1. The van der Waals surface area contributed by atoms with Crippen LogP contribution in [0.1, 0.15) is 25.3 Å². The van der Waals surface area contributed by atoms with Gasteiger partial charge in [0.2, 0.25) is 0 Å². The number of benzene rings is 1. The predicted molar refractivity (Wildman–Crippen MR) is 67.0 cm³/mol. The summed E-state index contributed by atoms with van der Waals surface area (Å²) in [6.07, 6.45) is 1.86. The van der Waals surface area contributed by atoms with Crippen molar-refractivity contribution in [1.82, 2.24) is 5.32 Å². The first-order valence-corrected chi connectivity index (χ1v) is 6.15. The summed E-state index contributed by atoms with van der Waals surface area (Å²) in [5.74, 6) is -0.501. The molecule has 0 saturated carbocycles. The molecule has 1 aliphatic rings. The van der Waals surface area contributed by atoms with Crippen LogP contribution in [0, 0.1) is 5.92 Å². The summed E-state index contributed by atoms with van der Waals surface area (Å²) in [7, 11) is 0.